The van der Waals surface area contributed by atoms with E-state index in [1.54, 1.807) is 18.0 Å². The van der Waals surface area contributed by atoms with E-state index in [0.29, 0.717) is 44.1 Å². The molecule has 7 rings (SSSR count). The lowest BCUT2D eigenvalue weighted by Gasteiger charge is -2.59. The van der Waals surface area contributed by atoms with Gasteiger partial charge in [0.1, 0.15) is 30.8 Å². The molecule has 2 aromatic rings. The Bertz CT molecular complexity index is 1750. The number of carbonyl (C=O) groups excluding carboxylic acids is 1. The summed E-state index contributed by atoms with van der Waals surface area (Å²) in [4.78, 5) is 24.3. The number of hydrogen-bond donors (Lipinski definition) is 2. The van der Waals surface area contributed by atoms with Gasteiger partial charge in [-0.25, -0.2) is 4.79 Å². The van der Waals surface area contributed by atoms with Crippen LogP contribution in [0.25, 0.3) is 0 Å². The van der Waals surface area contributed by atoms with Crippen molar-refractivity contribution in [3.8, 4) is 11.5 Å². The number of aliphatic hydroxyl groups excluding tert-OH is 2. The second-order valence-corrected chi connectivity index (χ2v) is 16.6. The van der Waals surface area contributed by atoms with Gasteiger partial charge in [-0.15, -0.1) is 6.58 Å². The van der Waals surface area contributed by atoms with Crippen LogP contribution in [-0.4, -0.2) is 123 Å². The molecule has 2 N–H and O–H groups in total. The van der Waals surface area contributed by atoms with Crippen molar-refractivity contribution in [2.24, 2.45) is 22.9 Å². The molecule has 0 spiro atoms. The van der Waals surface area contributed by atoms with Crippen molar-refractivity contribution >= 4 is 11.8 Å². The minimum atomic E-state index is -1.37. The molecule has 13 heteroatoms. The molecule has 5 aliphatic rings. The topological polar surface area (TPSA) is 141 Å². The van der Waals surface area contributed by atoms with E-state index in [1.807, 2.05) is 42.5 Å². The maximum atomic E-state index is 14.2. The molecule has 1 unspecified atom stereocenters. The molecule has 60 heavy (non-hydrogen) atoms. The van der Waals surface area contributed by atoms with Crippen LogP contribution in [0, 0.1) is 17.8 Å². The zero-order chi connectivity index (χ0) is 41.7. The lowest BCUT2D eigenvalue weighted by atomic mass is 9.55. The summed E-state index contributed by atoms with van der Waals surface area (Å²) in [5, 5.41) is 24.7. The first kappa shape index (κ1) is 44.1. The molecule has 3 aliphatic heterocycles. The third kappa shape index (κ3) is 10.7. The molecular formula is C47H65N3O10. The Kier molecular flexibility index (Phi) is 15.9. The molecule has 13 nitrogen and oxygen atoms in total. The Morgan fingerprint density at radius 1 is 1.03 bits per heavy atom. The molecule has 1 saturated carbocycles. The summed E-state index contributed by atoms with van der Waals surface area (Å²) in [6.45, 7) is 9.41. The molecule has 2 aromatic carbocycles. The molecule has 0 bridgehead atoms. The standard InChI is InChI=1S/C47H65N3O10/c1-3-25-58-47-42(49(2)46(53)57-29-28-54-33-34-13-5-4-6-14-34)32-40(48-60-43-17-9-12-26-56-43)38-30-35(15-7-10-23-51)37(16-8-11-24-52)44(45(38)47)39-31-36(18-19-41(39)59-47)55-27-22-50-20-21-50/h3-6,13-14,18-19,30-31,35,37,42-45,51-52H,1,7-12,15-17,20-29,32-33H2,2H3/t35-,37+,42-,43?,44+,45+,47+/m0/s1. The van der Waals surface area contributed by atoms with E-state index in [-0.39, 0.29) is 57.2 Å². The second-order valence-electron chi connectivity index (χ2n) is 16.6. The Hall–Kier alpha value is -3.98. The van der Waals surface area contributed by atoms with Crippen molar-refractivity contribution < 1.29 is 48.3 Å². The molecule has 3 heterocycles. The second kappa shape index (κ2) is 21.7. The summed E-state index contributed by atoms with van der Waals surface area (Å²) in [5.41, 5.74) is 3.74. The van der Waals surface area contributed by atoms with Crippen LogP contribution in [0.4, 0.5) is 4.79 Å². The van der Waals surface area contributed by atoms with Gasteiger partial charge < -0.3 is 48.4 Å². The number of amides is 1. The number of oxime groups is 1. The van der Waals surface area contributed by atoms with Gasteiger partial charge in [0, 0.05) is 64.2 Å². The van der Waals surface area contributed by atoms with E-state index < -0.39 is 30.1 Å². The number of hydrogen-bond acceptors (Lipinski definition) is 12. The number of nitrogens with zero attached hydrogens (tertiary/aromatic N) is 3. The normalized spacial score (nSPS) is 27.5. The van der Waals surface area contributed by atoms with Gasteiger partial charge in [0.2, 0.25) is 12.1 Å². The van der Waals surface area contributed by atoms with Gasteiger partial charge >= 0.3 is 6.09 Å². The first-order valence-electron chi connectivity index (χ1n) is 22.2. The van der Waals surface area contributed by atoms with Crippen LogP contribution < -0.4 is 9.47 Å². The van der Waals surface area contributed by atoms with Crippen LogP contribution in [0.15, 0.2) is 78.0 Å². The van der Waals surface area contributed by atoms with Crippen LogP contribution >= 0.6 is 0 Å². The molecule has 3 fully saturated rings. The fourth-order valence-electron chi connectivity index (χ4n) is 9.50. The molecule has 0 aromatic heterocycles. The van der Waals surface area contributed by atoms with Crippen LogP contribution in [0.3, 0.4) is 0 Å². The van der Waals surface area contributed by atoms with Gasteiger partial charge in [-0.2, -0.15) is 0 Å². The zero-order valence-corrected chi connectivity index (χ0v) is 35.3. The molecule has 7 atom stereocenters. The summed E-state index contributed by atoms with van der Waals surface area (Å²) in [7, 11) is 1.73. The maximum absolute atomic E-state index is 14.2. The minimum absolute atomic E-state index is 0.0657. The van der Waals surface area contributed by atoms with Crippen LogP contribution in [-0.2, 0) is 30.4 Å². The number of fused-ring (bicyclic) bond motifs is 2. The van der Waals surface area contributed by atoms with Gasteiger partial charge in [0.05, 0.1) is 38.1 Å². The van der Waals surface area contributed by atoms with Gasteiger partial charge in [-0.3, -0.25) is 4.90 Å². The fraction of sp³-hybridized carbons (Fsp3) is 0.617. The highest BCUT2D eigenvalue weighted by atomic mass is 16.8. The zero-order valence-electron chi connectivity index (χ0n) is 35.3. The van der Waals surface area contributed by atoms with Crippen LogP contribution in [0.5, 0.6) is 11.5 Å². The van der Waals surface area contributed by atoms with Gasteiger partial charge in [0.25, 0.3) is 0 Å². The van der Waals surface area contributed by atoms with Gasteiger partial charge in [-0.05, 0) is 79.7 Å². The van der Waals surface area contributed by atoms with Crippen LogP contribution in [0.2, 0.25) is 0 Å². The van der Waals surface area contributed by atoms with Crippen molar-refractivity contribution in [2.45, 2.75) is 94.9 Å². The largest absolute Gasteiger partial charge is 0.492 e. The number of allylic oxidation sites excluding steroid dienone is 1. The summed E-state index contributed by atoms with van der Waals surface area (Å²) in [6, 6.07) is 15.2. The van der Waals surface area contributed by atoms with Crippen molar-refractivity contribution in [1.82, 2.24) is 9.80 Å². The third-order valence-electron chi connectivity index (χ3n) is 12.6. The quantitative estimate of drug-likeness (QED) is 0.0528. The summed E-state index contributed by atoms with van der Waals surface area (Å²) >= 11 is 0. The molecular weight excluding hydrogens is 767 g/mol. The van der Waals surface area contributed by atoms with Crippen molar-refractivity contribution in [1.29, 1.82) is 0 Å². The number of likely N-dealkylation sites (N-methyl/N-ethyl adjacent to an activating group) is 1. The molecule has 1 amide bonds. The summed E-state index contributed by atoms with van der Waals surface area (Å²) in [5.74, 6) is -0.279. The number of rotatable bonds is 23. The van der Waals surface area contributed by atoms with Crippen molar-refractivity contribution in [2.75, 3.05) is 72.9 Å². The summed E-state index contributed by atoms with van der Waals surface area (Å²) in [6.07, 6.45) is 10.8. The first-order valence-corrected chi connectivity index (χ1v) is 22.2. The molecule has 328 valence electrons. The highest BCUT2D eigenvalue weighted by molar-refractivity contribution is 6.02. The third-order valence-corrected chi connectivity index (χ3v) is 12.6. The van der Waals surface area contributed by atoms with E-state index >= 15 is 0 Å². The van der Waals surface area contributed by atoms with Gasteiger partial charge in [-0.1, -0.05) is 60.5 Å². The first-order chi connectivity index (χ1) is 29.5. The lowest BCUT2D eigenvalue weighted by molar-refractivity contribution is -0.254. The highest BCUT2D eigenvalue weighted by Crippen LogP contribution is 2.61. The predicted molar refractivity (Wildman–Crippen MR) is 227 cm³/mol. The monoisotopic (exact) mass is 831 g/mol. The Morgan fingerprint density at radius 2 is 1.85 bits per heavy atom. The van der Waals surface area contributed by atoms with E-state index in [9.17, 15) is 15.0 Å². The lowest BCUT2D eigenvalue weighted by Crippen LogP contribution is -2.69. The smallest absolute Gasteiger partial charge is 0.410 e. The SMILES string of the molecule is C=CCO[C@@]12Oc3ccc(OCCN4CC4)cc3[C@H]3[C@H](CCCCO)[C@@H](CCCCO)C=C(C(=NOC4CCCCO4)C[C@@H]1N(C)C(=O)OCCOCc1ccccc1)[C@H]32. The predicted octanol–water partition coefficient (Wildman–Crippen LogP) is 6.83. The number of aliphatic hydroxyl groups is 2. The highest BCUT2D eigenvalue weighted by Gasteiger charge is 2.65. The van der Waals surface area contributed by atoms with Gasteiger partial charge in [0.15, 0.2) is 0 Å². The molecule has 2 aliphatic carbocycles. The number of unbranched alkanes of at least 4 members (excludes halogenated alkanes) is 2. The van der Waals surface area contributed by atoms with E-state index in [0.717, 1.165) is 87.0 Å². The van der Waals surface area contributed by atoms with Crippen molar-refractivity contribution in [3.05, 3.63) is 84.0 Å². The molecule has 2 saturated heterocycles. The number of benzene rings is 2. The average Bonchev–Trinajstić information content (AvgIpc) is 4.11. The number of ether oxygens (including phenoxy) is 6. The van der Waals surface area contributed by atoms with E-state index in [2.05, 4.69) is 23.6 Å². The van der Waals surface area contributed by atoms with Crippen molar-refractivity contribution in [3.63, 3.8) is 0 Å². The Labute approximate surface area is 355 Å². The Morgan fingerprint density at radius 3 is 2.60 bits per heavy atom. The molecule has 0 radical (unpaired) electrons. The van der Waals surface area contributed by atoms with Crippen LogP contribution in [0.1, 0.15) is 81.3 Å². The Balaban J connectivity index is 1.28. The fourth-order valence-corrected chi connectivity index (χ4v) is 9.50. The maximum Gasteiger partial charge on any atom is 0.410 e. The summed E-state index contributed by atoms with van der Waals surface area (Å²) < 4.78 is 38.3. The number of carbonyl (C=O) groups is 1. The van der Waals surface area contributed by atoms with E-state index in [1.165, 1.54) is 0 Å². The average molecular weight is 832 g/mol. The minimum Gasteiger partial charge on any atom is -0.492 e. The van der Waals surface area contributed by atoms with E-state index in [4.69, 9.17) is 38.4 Å².